The van der Waals surface area contributed by atoms with Crippen LogP contribution in [0.15, 0.2) is 44.9 Å². The number of nitrogens with zero attached hydrogens (tertiary/aromatic N) is 3. The lowest BCUT2D eigenvalue weighted by atomic mass is 10.0. The van der Waals surface area contributed by atoms with E-state index in [0.717, 1.165) is 27.0 Å². The second-order valence-corrected chi connectivity index (χ2v) is 8.02. The fourth-order valence-corrected chi connectivity index (χ4v) is 4.18. The number of pyridine rings is 1. The molecule has 0 aliphatic carbocycles. The van der Waals surface area contributed by atoms with E-state index in [4.69, 9.17) is 0 Å². The minimum Gasteiger partial charge on any atom is -0.280 e. The third-order valence-electron chi connectivity index (χ3n) is 4.42. The zero-order chi connectivity index (χ0) is 19.7. The van der Waals surface area contributed by atoms with Crippen molar-refractivity contribution in [1.29, 1.82) is 0 Å². The topological polar surface area (TPSA) is 56.9 Å². The van der Waals surface area contributed by atoms with E-state index in [0.29, 0.717) is 22.7 Å². The van der Waals surface area contributed by atoms with Crippen LogP contribution in [0.1, 0.15) is 25.0 Å². The number of aryl methyl sites for hydroxylation is 1. The molecule has 0 amide bonds. The number of hydrogen-bond donors (Lipinski definition) is 0. The van der Waals surface area contributed by atoms with Crippen LogP contribution in [0, 0.1) is 11.7 Å². The van der Waals surface area contributed by atoms with Gasteiger partial charge in [-0.05, 0) is 35.6 Å². The molecule has 0 spiro atoms. The number of hydrogen-bond acceptors (Lipinski definition) is 4. The minimum absolute atomic E-state index is 0.275. The number of thioether (sulfide) groups is 1. The molecule has 0 saturated carbocycles. The number of aromatic nitrogens is 3. The monoisotopic (exact) mass is 387 g/mol. The van der Waals surface area contributed by atoms with E-state index in [-0.39, 0.29) is 11.4 Å². The van der Waals surface area contributed by atoms with Crippen LogP contribution in [-0.4, -0.2) is 14.1 Å². The zero-order valence-corrected chi connectivity index (χ0v) is 16.6. The molecule has 0 radical (unpaired) electrons. The summed E-state index contributed by atoms with van der Waals surface area (Å²) < 4.78 is 15.7. The van der Waals surface area contributed by atoms with Gasteiger partial charge in [0, 0.05) is 30.9 Å². The van der Waals surface area contributed by atoms with E-state index in [1.165, 1.54) is 35.5 Å². The van der Waals surface area contributed by atoms with E-state index in [1.807, 2.05) is 0 Å². The van der Waals surface area contributed by atoms with Gasteiger partial charge in [-0.15, -0.1) is 11.8 Å². The molecular weight excluding hydrogens is 365 g/mol. The predicted octanol–water partition coefficient (Wildman–Crippen LogP) is 3.26. The number of halogens is 1. The lowest BCUT2D eigenvalue weighted by Gasteiger charge is -2.15. The highest BCUT2D eigenvalue weighted by molar-refractivity contribution is 7.98. The molecule has 0 N–H and O–H groups in total. The van der Waals surface area contributed by atoms with Crippen LogP contribution in [0.3, 0.4) is 0 Å². The molecule has 3 rings (SSSR count). The van der Waals surface area contributed by atoms with Gasteiger partial charge < -0.3 is 0 Å². The third-order valence-corrected chi connectivity index (χ3v) is 5.65. The van der Waals surface area contributed by atoms with Crippen LogP contribution in [0.5, 0.6) is 0 Å². The third kappa shape index (κ3) is 3.83. The first-order valence-electron chi connectivity index (χ1n) is 8.74. The van der Waals surface area contributed by atoms with Crippen LogP contribution in [-0.2, 0) is 26.3 Å². The molecule has 142 valence electrons. The molecule has 7 heteroatoms. The summed E-state index contributed by atoms with van der Waals surface area (Å²) in [6, 6.07) is 6.33. The summed E-state index contributed by atoms with van der Waals surface area (Å²) in [6.07, 6.45) is 2.54. The average molecular weight is 387 g/mol. The van der Waals surface area contributed by atoms with Crippen molar-refractivity contribution in [1.82, 2.24) is 14.1 Å². The Bertz CT molecular complexity index is 1100. The van der Waals surface area contributed by atoms with E-state index in [2.05, 4.69) is 18.8 Å². The molecule has 2 aromatic heterocycles. The SMILES string of the molecule is CC(C)Cc1cnc2c(c1SCc1ccc(F)cc1)c(=O)n(C)c(=O)n2C. The van der Waals surface area contributed by atoms with E-state index >= 15 is 0 Å². The Labute approximate surface area is 160 Å². The Kier molecular flexibility index (Phi) is 5.51. The van der Waals surface area contributed by atoms with Crippen LogP contribution in [0.25, 0.3) is 11.0 Å². The number of rotatable bonds is 5. The van der Waals surface area contributed by atoms with Gasteiger partial charge in [0.2, 0.25) is 0 Å². The first-order chi connectivity index (χ1) is 12.8. The second-order valence-electron chi connectivity index (χ2n) is 7.03. The normalized spacial score (nSPS) is 11.5. The predicted molar refractivity (Wildman–Crippen MR) is 107 cm³/mol. The molecule has 27 heavy (non-hydrogen) atoms. The van der Waals surface area contributed by atoms with E-state index in [1.54, 1.807) is 25.4 Å². The van der Waals surface area contributed by atoms with Crippen LogP contribution >= 0.6 is 11.8 Å². The maximum Gasteiger partial charge on any atom is 0.332 e. The van der Waals surface area contributed by atoms with Gasteiger partial charge in [-0.3, -0.25) is 13.9 Å². The summed E-state index contributed by atoms with van der Waals surface area (Å²) in [5, 5.41) is 0.463. The Morgan fingerprint density at radius 2 is 1.78 bits per heavy atom. The molecule has 0 aliphatic heterocycles. The fraction of sp³-hybridized carbons (Fsp3) is 0.350. The molecule has 2 heterocycles. The molecule has 5 nitrogen and oxygen atoms in total. The Balaban J connectivity index is 2.17. The highest BCUT2D eigenvalue weighted by atomic mass is 32.2. The molecule has 0 bridgehead atoms. The largest absolute Gasteiger partial charge is 0.332 e. The van der Waals surface area contributed by atoms with Crippen molar-refractivity contribution in [2.24, 2.45) is 20.0 Å². The summed E-state index contributed by atoms with van der Waals surface area (Å²) >= 11 is 1.52. The smallest absolute Gasteiger partial charge is 0.280 e. The van der Waals surface area contributed by atoms with Gasteiger partial charge in [-0.25, -0.2) is 14.2 Å². The Hall–Kier alpha value is -2.41. The van der Waals surface area contributed by atoms with Crippen molar-refractivity contribution >= 4 is 22.8 Å². The molecule has 1 aromatic carbocycles. The summed E-state index contributed by atoms with van der Waals surface area (Å²) in [5.74, 6) is 0.713. The standard InChI is InChI=1S/C20H22FN3O2S/c1-12(2)9-14-10-22-18-16(19(25)24(4)20(26)23(18)3)17(14)27-11-13-5-7-15(21)8-6-13/h5-8,10,12H,9,11H2,1-4H3. The first kappa shape index (κ1) is 19.4. The van der Waals surface area contributed by atoms with Gasteiger partial charge in [-0.2, -0.15) is 0 Å². The van der Waals surface area contributed by atoms with Crippen molar-refractivity contribution in [3.05, 3.63) is 68.2 Å². The lowest BCUT2D eigenvalue weighted by Crippen LogP contribution is -2.37. The Morgan fingerprint density at radius 3 is 2.41 bits per heavy atom. The van der Waals surface area contributed by atoms with Gasteiger partial charge in [0.25, 0.3) is 5.56 Å². The molecule has 0 atom stereocenters. The van der Waals surface area contributed by atoms with Gasteiger partial charge >= 0.3 is 5.69 Å². The number of fused-ring (bicyclic) bond motifs is 1. The molecular formula is C20H22FN3O2S. The quantitative estimate of drug-likeness (QED) is 0.631. The Morgan fingerprint density at radius 1 is 1.11 bits per heavy atom. The first-order valence-corrected chi connectivity index (χ1v) is 9.73. The number of benzene rings is 1. The minimum atomic E-state index is -0.397. The van der Waals surface area contributed by atoms with E-state index < -0.39 is 5.69 Å². The van der Waals surface area contributed by atoms with Gasteiger partial charge in [-0.1, -0.05) is 26.0 Å². The molecule has 3 aromatic rings. The van der Waals surface area contributed by atoms with Crippen LogP contribution in [0.4, 0.5) is 4.39 Å². The van der Waals surface area contributed by atoms with Gasteiger partial charge in [0.15, 0.2) is 0 Å². The highest BCUT2D eigenvalue weighted by Gasteiger charge is 2.18. The molecule has 0 saturated heterocycles. The summed E-state index contributed by atoms with van der Waals surface area (Å²) in [7, 11) is 3.10. The second kappa shape index (κ2) is 7.68. The van der Waals surface area contributed by atoms with Crippen LogP contribution < -0.4 is 11.2 Å². The van der Waals surface area contributed by atoms with Crippen molar-refractivity contribution in [2.45, 2.75) is 30.9 Å². The van der Waals surface area contributed by atoms with Crippen molar-refractivity contribution < 1.29 is 4.39 Å². The maximum absolute atomic E-state index is 13.2. The summed E-state index contributed by atoms with van der Waals surface area (Å²) in [6.45, 7) is 4.22. The van der Waals surface area contributed by atoms with Gasteiger partial charge in [0.1, 0.15) is 11.5 Å². The van der Waals surface area contributed by atoms with E-state index in [9.17, 15) is 14.0 Å². The average Bonchev–Trinajstić information content (AvgIpc) is 2.64. The van der Waals surface area contributed by atoms with Crippen LogP contribution in [0.2, 0.25) is 0 Å². The summed E-state index contributed by atoms with van der Waals surface area (Å²) in [4.78, 5) is 30.3. The molecule has 0 aliphatic rings. The molecule has 0 unspecified atom stereocenters. The molecule has 0 fully saturated rings. The van der Waals surface area contributed by atoms with Gasteiger partial charge in [0.05, 0.1) is 5.39 Å². The fourth-order valence-electron chi connectivity index (χ4n) is 3.03. The lowest BCUT2D eigenvalue weighted by molar-refractivity contribution is 0.627. The van der Waals surface area contributed by atoms with Crippen molar-refractivity contribution in [2.75, 3.05) is 0 Å². The van der Waals surface area contributed by atoms with Crippen molar-refractivity contribution in [3.63, 3.8) is 0 Å². The van der Waals surface area contributed by atoms with Crippen molar-refractivity contribution in [3.8, 4) is 0 Å². The zero-order valence-electron chi connectivity index (χ0n) is 15.8. The highest BCUT2D eigenvalue weighted by Crippen LogP contribution is 2.32. The summed E-state index contributed by atoms with van der Waals surface area (Å²) in [5.41, 5.74) is 1.60. The maximum atomic E-state index is 13.2.